The van der Waals surface area contributed by atoms with Gasteiger partial charge in [0.25, 0.3) is 0 Å². The highest BCUT2D eigenvalue weighted by molar-refractivity contribution is 5.87. The van der Waals surface area contributed by atoms with Gasteiger partial charge < -0.3 is 4.90 Å². The highest BCUT2D eigenvalue weighted by Gasteiger charge is 2.42. The van der Waals surface area contributed by atoms with Crippen LogP contribution in [0.2, 0.25) is 0 Å². The van der Waals surface area contributed by atoms with Gasteiger partial charge in [-0.25, -0.2) is 0 Å². The molecule has 0 unspecified atom stereocenters. The van der Waals surface area contributed by atoms with Gasteiger partial charge in [0.1, 0.15) is 0 Å². The number of carbonyl (C=O) groups is 1. The molecule has 0 radical (unpaired) electrons. The summed E-state index contributed by atoms with van der Waals surface area (Å²) in [4.78, 5) is 13.9. The first kappa shape index (κ1) is 10.7. The zero-order valence-corrected chi connectivity index (χ0v) is 9.50. The van der Waals surface area contributed by atoms with Gasteiger partial charge in [-0.3, -0.25) is 4.79 Å². The largest absolute Gasteiger partial charge is 0.334 e. The SMILES string of the molecule is C=CC(=O)N1CCCC12CCCCCC2. The van der Waals surface area contributed by atoms with E-state index in [2.05, 4.69) is 11.5 Å². The fourth-order valence-electron chi connectivity index (χ4n) is 3.30. The number of carbonyl (C=O) groups excluding carboxylic acids is 1. The van der Waals surface area contributed by atoms with E-state index >= 15 is 0 Å². The topological polar surface area (TPSA) is 20.3 Å². The van der Waals surface area contributed by atoms with E-state index in [1.807, 2.05) is 0 Å². The summed E-state index contributed by atoms with van der Waals surface area (Å²) in [5.41, 5.74) is 0.210. The first-order valence-electron chi connectivity index (χ1n) is 6.23. The molecule has 0 aromatic rings. The van der Waals surface area contributed by atoms with Crippen LogP contribution in [0.25, 0.3) is 0 Å². The molecular formula is C13H21NO. The minimum atomic E-state index is 0.148. The van der Waals surface area contributed by atoms with Crippen molar-refractivity contribution in [3.8, 4) is 0 Å². The first-order valence-corrected chi connectivity index (χ1v) is 6.23. The van der Waals surface area contributed by atoms with Crippen molar-refractivity contribution in [1.82, 2.24) is 4.90 Å². The second-order valence-corrected chi connectivity index (χ2v) is 4.94. The van der Waals surface area contributed by atoms with Crippen molar-refractivity contribution < 1.29 is 4.79 Å². The normalized spacial score (nSPS) is 25.2. The highest BCUT2D eigenvalue weighted by Crippen LogP contribution is 2.40. The summed E-state index contributed by atoms with van der Waals surface area (Å²) < 4.78 is 0. The Morgan fingerprint density at radius 3 is 2.27 bits per heavy atom. The van der Waals surface area contributed by atoms with Crippen LogP contribution in [0.4, 0.5) is 0 Å². The average molecular weight is 207 g/mol. The van der Waals surface area contributed by atoms with E-state index in [-0.39, 0.29) is 11.4 Å². The van der Waals surface area contributed by atoms with Gasteiger partial charge >= 0.3 is 0 Å². The van der Waals surface area contributed by atoms with Gasteiger partial charge in [0.15, 0.2) is 0 Å². The maximum Gasteiger partial charge on any atom is 0.246 e. The van der Waals surface area contributed by atoms with E-state index in [0.29, 0.717) is 0 Å². The molecule has 1 aliphatic carbocycles. The smallest absolute Gasteiger partial charge is 0.246 e. The van der Waals surface area contributed by atoms with E-state index in [0.717, 1.165) is 6.54 Å². The highest BCUT2D eigenvalue weighted by atomic mass is 16.2. The monoisotopic (exact) mass is 207 g/mol. The summed E-state index contributed by atoms with van der Waals surface area (Å²) in [5.74, 6) is 0.148. The molecule has 0 bridgehead atoms. The third-order valence-corrected chi connectivity index (χ3v) is 4.07. The third-order valence-electron chi connectivity index (χ3n) is 4.07. The molecule has 15 heavy (non-hydrogen) atoms. The Balaban J connectivity index is 2.15. The van der Waals surface area contributed by atoms with Gasteiger partial charge in [0.2, 0.25) is 5.91 Å². The van der Waals surface area contributed by atoms with Crippen molar-refractivity contribution in [3.63, 3.8) is 0 Å². The van der Waals surface area contributed by atoms with Crippen LogP contribution in [0, 0.1) is 0 Å². The Morgan fingerprint density at radius 2 is 1.67 bits per heavy atom. The van der Waals surface area contributed by atoms with Crippen LogP contribution in [-0.4, -0.2) is 22.9 Å². The molecule has 1 spiro atoms. The molecule has 2 aliphatic rings. The summed E-state index contributed by atoms with van der Waals surface area (Å²) in [6, 6.07) is 0. The molecule has 0 aromatic heterocycles. The van der Waals surface area contributed by atoms with E-state index < -0.39 is 0 Å². The van der Waals surface area contributed by atoms with Crippen molar-refractivity contribution >= 4 is 5.91 Å². The van der Waals surface area contributed by atoms with Gasteiger partial charge in [0.05, 0.1) is 0 Å². The van der Waals surface area contributed by atoms with Crippen LogP contribution in [0.15, 0.2) is 12.7 Å². The van der Waals surface area contributed by atoms with Crippen LogP contribution in [0.1, 0.15) is 51.4 Å². The van der Waals surface area contributed by atoms with Gasteiger partial charge in [-0.2, -0.15) is 0 Å². The summed E-state index contributed by atoms with van der Waals surface area (Å²) in [7, 11) is 0. The molecule has 84 valence electrons. The lowest BCUT2D eigenvalue weighted by Crippen LogP contribution is -2.46. The van der Waals surface area contributed by atoms with E-state index in [9.17, 15) is 4.79 Å². The molecule has 0 aromatic carbocycles. The minimum Gasteiger partial charge on any atom is -0.334 e. The van der Waals surface area contributed by atoms with E-state index in [1.165, 1.54) is 57.4 Å². The second-order valence-electron chi connectivity index (χ2n) is 4.94. The minimum absolute atomic E-state index is 0.148. The predicted octanol–water partition coefficient (Wildman–Crippen LogP) is 2.89. The predicted molar refractivity (Wildman–Crippen MR) is 61.6 cm³/mol. The lowest BCUT2D eigenvalue weighted by atomic mass is 9.87. The summed E-state index contributed by atoms with van der Waals surface area (Å²) >= 11 is 0. The van der Waals surface area contributed by atoms with Crippen molar-refractivity contribution in [2.75, 3.05) is 6.54 Å². The molecule has 0 atom stereocenters. The molecule has 2 nitrogen and oxygen atoms in total. The summed E-state index contributed by atoms with van der Waals surface area (Å²) in [6.45, 7) is 4.56. The lowest BCUT2D eigenvalue weighted by molar-refractivity contribution is -0.130. The van der Waals surface area contributed by atoms with Crippen molar-refractivity contribution in [1.29, 1.82) is 0 Å². The van der Waals surface area contributed by atoms with Gasteiger partial charge in [-0.1, -0.05) is 32.3 Å². The molecule has 2 rings (SSSR count). The van der Waals surface area contributed by atoms with Crippen molar-refractivity contribution in [2.45, 2.75) is 56.9 Å². The van der Waals surface area contributed by atoms with Crippen LogP contribution in [0.3, 0.4) is 0 Å². The molecule has 1 amide bonds. The lowest BCUT2D eigenvalue weighted by Gasteiger charge is -2.37. The first-order chi connectivity index (χ1) is 7.28. The Kier molecular flexibility index (Phi) is 3.13. The maximum atomic E-state index is 11.8. The van der Waals surface area contributed by atoms with Gasteiger partial charge in [-0.15, -0.1) is 0 Å². The van der Waals surface area contributed by atoms with Crippen molar-refractivity contribution in [3.05, 3.63) is 12.7 Å². The third kappa shape index (κ3) is 1.95. The zero-order chi connectivity index (χ0) is 10.7. The molecule has 0 N–H and O–H groups in total. The quantitative estimate of drug-likeness (QED) is 0.605. The molecule has 2 heteroatoms. The molecule has 1 saturated carbocycles. The molecule has 1 heterocycles. The van der Waals surface area contributed by atoms with Crippen LogP contribution in [-0.2, 0) is 4.79 Å². The fraction of sp³-hybridized carbons (Fsp3) is 0.769. The maximum absolute atomic E-state index is 11.8. The molecule has 1 aliphatic heterocycles. The number of hydrogen-bond donors (Lipinski definition) is 0. The summed E-state index contributed by atoms with van der Waals surface area (Å²) in [5, 5.41) is 0. The Morgan fingerprint density at radius 1 is 1.07 bits per heavy atom. The second kappa shape index (κ2) is 4.38. The Hall–Kier alpha value is -0.790. The molecule has 2 fully saturated rings. The van der Waals surface area contributed by atoms with Crippen molar-refractivity contribution in [2.24, 2.45) is 0 Å². The van der Waals surface area contributed by atoms with E-state index in [4.69, 9.17) is 0 Å². The number of nitrogens with zero attached hydrogens (tertiary/aromatic N) is 1. The van der Waals surface area contributed by atoms with E-state index in [1.54, 1.807) is 0 Å². The Labute approximate surface area is 92.3 Å². The number of rotatable bonds is 1. The van der Waals surface area contributed by atoms with Crippen LogP contribution in [0.5, 0.6) is 0 Å². The average Bonchev–Trinajstić information content (AvgIpc) is 2.50. The van der Waals surface area contributed by atoms with Gasteiger partial charge in [0, 0.05) is 12.1 Å². The number of likely N-dealkylation sites (tertiary alicyclic amines) is 1. The molecular weight excluding hydrogens is 186 g/mol. The van der Waals surface area contributed by atoms with Gasteiger partial charge in [-0.05, 0) is 31.8 Å². The zero-order valence-electron chi connectivity index (χ0n) is 9.50. The summed E-state index contributed by atoms with van der Waals surface area (Å²) in [6.07, 6.45) is 11.6. The standard InChI is InChI=1S/C13H21NO/c1-2-12(15)14-11-7-10-13(14)8-5-3-4-6-9-13/h2H,1,3-11H2. The Bertz CT molecular complexity index is 251. The van der Waals surface area contributed by atoms with Crippen LogP contribution >= 0.6 is 0 Å². The van der Waals surface area contributed by atoms with Crippen LogP contribution < -0.4 is 0 Å². The number of amides is 1. The fourth-order valence-corrected chi connectivity index (χ4v) is 3.30. The number of hydrogen-bond acceptors (Lipinski definition) is 1. The molecule has 1 saturated heterocycles.